The van der Waals surface area contributed by atoms with Crippen LogP contribution >= 0.6 is 0 Å². The number of hydrogen-bond acceptors (Lipinski definition) is 4. The Morgan fingerprint density at radius 2 is 1.72 bits per heavy atom. The molecule has 3 rings (SSSR count). The molecular formula is C25H35N5O2. The highest BCUT2D eigenvalue weighted by Crippen LogP contribution is 2.24. The zero-order chi connectivity index (χ0) is 22.9. The van der Waals surface area contributed by atoms with Gasteiger partial charge in [-0.3, -0.25) is 4.79 Å². The van der Waals surface area contributed by atoms with Gasteiger partial charge < -0.3 is 25.8 Å². The second kappa shape index (κ2) is 11.5. The van der Waals surface area contributed by atoms with E-state index in [9.17, 15) is 9.59 Å². The van der Waals surface area contributed by atoms with Crippen LogP contribution in [0.4, 0.5) is 16.2 Å². The van der Waals surface area contributed by atoms with Gasteiger partial charge in [0, 0.05) is 37.1 Å². The number of para-hydroxylation sites is 1. The lowest BCUT2D eigenvalue weighted by Crippen LogP contribution is -2.46. The van der Waals surface area contributed by atoms with Gasteiger partial charge in [-0.1, -0.05) is 29.8 Å². The molecule has 1 fully saturated rings. The van der Waals surface area contributed by atoms with Crippen LogP contribution in [0.15, 0.2) is 48.5 Å². The first-order chi connectivity index (χ1) is 15.4. The molecule has 0 saturated carbocycles. The lowest BCUT2D eigenvalue weighted by Gasteiger charge is -2.34. The van der Waals surface area contributed by atoms with E-state index in [0.717, 1.165) is 55.8 Å². The Morgan fingerprint density at radius 3 is 2.41 bits per heavy atom. The average Bonchev–Trinajstić information content (AvgIpc) is 2.78. The number of aryl methyl sites for hydroxylation is 1. The molecule has 2 aromatic carbocycles. The lowest BCUT2D eigenvalue weighted by molar-refractivity contribution is 0.0952. The molecule has 3 N–H and O–H groups in total. The van der Waals surface area contributed by atoms with Crippen molar-refractivity contribution in [3.05, 3.63) is 59.7 Å². The summed E-state index contributed by atoms with van der Waals surface area (Å²) in [4.78, 5) is 29.4. The summed E-state index contributed by atoms with van der Waals surface area (Å²) in [6.07, 6.45) is 2.59. The zero-order valence-electron chi connectivity index (χ0n) is 19.4. The number of carbonyl (C=O) groups is 2. The number of benzene rings is 2. The Kier molecular flexibility index (Phi) is 8.50. The van der Waals surface area contributed by atoms with Crippen molar-refractivity contribution in [2.24, 2.45) is 0 Å². The molecule has 32 heavy (non-hydrogen) atoms. The maximum absolute atomic E-state index is 12.7. The Hall–Kier alpha value is -3.06. The topological polar surface area (TPSA) is 76.7 Å². The van der Waals surface area contributed by atoms with Gasteiger partial charge in [0.05, 0.1) is 5.56 Å². The summed E-state index contributed by atoms with van der Waals surface area (Å²) in [6, 6.07) is 15.5. The first-order valence-electron chi connectivity index (χ1n) is 11.3. The fourth-order valence-corrected chi connectivity index (χ4v) is 3.89. The molecule has 0 unspecified atom stereocenters. The van der Waals surface area contributed by atoms with Crippen LogP contribution in [0.25, 0.3) is 0 Å². The van der Waals surface area contributed by atoms with E-state index in [1.54, 1.807) is 0 Å². The predicted molar refractivity (Wildman–Crippen MR) is 131 cm³/mol. The van der Waals surface area contributed by atoms with Gasteiger partial charge in [-0.25, -0.2) is 4.79 Å². The summed E-state index contributed by atoms with van der Waals surface area (Å²) in [6.45, 7) is 5.21. The van der Waals surface area contributed by atoms with Crippen LogP contribution in [0.1, 0.15) is 35.2 Å². The molecular weight excluding hydrogens is 402 g/mol. The quantitative estimate of drug-likeness (QED) is 0.553. The predicted octanol–water partition coefficient (Wildman–Crippen LogP) is 3.47. The van der Waals surface area contributed by atoms with E-state index in [1.165, 1.54) is 0 Å². The van der Waals surface area contributed by atoms with E-state index in [0.29, 0.717) is 12.1 Å². The molecule has 172 valence electrons. The summed E-state index contributed by atoms with van der Waals surface area (Å²) in [5, 5.41) is 9.01. The number of carbonyl (C=O) groups excluding carboxylic acids is 2. The number of nitrogens with one attached hydrogen (secondary N) is 3. The van der Waals surface area contributed by atoms with Gasteiger partial charge in [0.2, 0.25) is 0 Å². The van der Waals surface area contributed by atoms with Gasteiger partial charge >= 0.3 is 6.03 Å². The number of rotatable bonds is 8. The molecule has 3 amide bonds. The summed E-state index contributed by atoms with van der Waals surface area (Å²) in [5.74, 6) is -0.0305. The van der Waals surface area contributed by atoms with Crippen molar-refractivity contribution in [2.45, 2.75) is 32.2 Å². The number of hydrogen-bond donors (Lipinski definition) is 3. The highest BCUT2D eigenvalue weighted by atomic mass is 16.2. The van der Waals surface area contributed by atoms with E-state index in [2.05, 4.69) is 25.8 Å². The van der Waals surface area contributed by atoms with Gasteiger partial charge in [0.15, 0.2) is 0 Å². The fraction of sp³-hybridized carbons (Fsp3) is 0.440. The van der Waals surface area contributed by atoms with Crippen molar-refractivity contribution >= 4 is 23.3 Å². The van der Waals surface area contributed by atoms with Crippen LogP contribution in [0, 0.1) is 6.92 Å². The minimum Gasteiger partial charge on any atom is -0.371 e. The number of piperidine rings is 1. The lowest BCUT2D eigenvalue weighted by atomic mass is 10.0. The highest BCUT2D eigenvalue weighted by molar-refractivity contribution is 5.99. The van der Waals surface area contributed by atoms with Gasteiger partial charge in [-0.2, -0.15) is 0 Å². The molecule has 0 radical (unpaired) electrons. The van der Waals surface area contributed by atoms with E-state index in [1.807, 2.05) is 69.6 Å². The SMILES string of the molecule is Cc1ccc(NC(=O)NC2CCN(c3ccccc3C(=O)NCCCN(C)C)CC2)cc1. The summed E-state index contributed by atoms with van der Waals surface area (Å²) >= 11 is 0. The smallest absolute Gasteiger partial charge is 0.319 e. The second-order valence-corrected chi connectivity index (χ2v) is 8.66. The minimum absolute atomic E-state index is 0.0305. The van der Waals surface area contributed by atoms with Crippen molar-refractivity contribution in [2.75, 3.05) is 50.5 Å². The first kappa shape index (κ1) is 23.6. The maximum atomic E-state index is 12.7. The van der Waals surface area contributed by atoms with E-state index >= 15 is 0 Å². The molecule has 0 atom stereocenters. The van der Waals surface area contributed by atoms with Gasteiger partial charge in [0.25, 0.3) is 5.91 Å². The monoisotopic (exact) mass is 437 g/mol. The first-order valence-corrected chi connectivity index (χ1v) is 11.3. The minimum atomic E-state index is -0.176. The molecule has 7 heteroatoms. The molecule has 7 nitrogen and oxygen atoms in total. The number of nitrogens with zero attached hydrogens (tertiary/aromatic N) is 2. The summed E-state index contributed by atoms with van der Waals surface area (Å²) in [7, 11) is 4.06. The maximum Gasteiger partial charge on any atom is 0.319 e. The molecule has 1 saturated heterocycles. The number of urea groups is 1. The number of amides is 3. The highest BCUT2D eigenvalue weighted by Gasteiger charge is 2.23. The third-order valence-corrected chi connectivity index (χ3v) is 5.70. The molecule has 0 aromatic heterocycles. The van der Waals surface area contributed by atoms with E-state index in [4.69, 9.17) is 0 Å². The number of anilines is 2. The molecule has 2 aromatic rings. The second-order valence-electron chi connectivity index (χ2n) is 8.66. The van der Waals surface area contributed by atoms with Crippen LogP contribution in [-0.2, 0) is 0 Å². The van der Waals surface area contributed by atoms with Crippen molar-refractivity contribution < 1.29 is 9.59 Å². The third kappa shape index (κ3) is 6.99. The molecule has 0 bridgehead atoms. The van der Waals surface area contributed by atoms with Crippen LogP contribution in [0.2, 0.25) is 0 Å². The Labute approximate surface area is 191 Å². The van der Waals surface area contributed by atoms with Crippen molar-refractivity contribution in [1.82, 2.24) is 15.5 Å². The van der Waals surface area contributed by atoms with E-state index < -0.39 is 0 Å². The van der Waals surface area contributed by atoms with Crippen LogP contribution < -0.4 is 20.9 Å². The summed E-state index contributed by atoms with van der Waals surface area (Å²) in [5.41, 5.74) is 3.61. The Balaban J connectivity index is 1.50. The van der Waals surface area contributed by atoms with Crippen molar-refractivity contribution in [1.29, 1.82) is 0 Å². The van der Waals surface area contributed by atoms with Gasteiger partial charge in [0.1, 0.15) is 0 Å². The molecule has 1 heterocycles. The fourth-order valence-electron chi connectivity index (χ4n) is 3.89. The normalized spacial score (nSPS) is 14.3. The van der Waals surface area contributed by atoms with Crippen LogP contribution in [-0.4, -0.2) is 63.2 Å². The largest absolute Gasteiger partial charge is 0.371 e. The Bertz CT molecular complexity index is 889. The third-order valence-electron chi connectivity index (χ3n) is 5.70. The van der Waals surface area contributed by atoms with E-state index in [-0.39, 0.29) is 18.0 Å². The molecule has 1 aliphatic rings. The van der Waals surface area contributed by atoms with Crippen molar-refractivity contribution in [3.63, 3.8) is 0 Å². The van der Waals surface area contributed by atoms with Gasteiger partial charge in [-0.15, -0.1) is 0 Å². The molecule has 0 spiro atoms. The standard InChI is InChI=1S/C25H35N5O2/c1-19-9-11-20(12-10-19)27-25(32)28-21-13-17-30(18-14-21)23-8-5-4-7-22(23)24(31)26-15-6-16-29(2)3/h4-5,7-12,21H,6,13-18H2,1-3H3,(H,26,31)(H2,27,28,32). The van der Waals surface area contributed by atoms with Crippen molar-refractivity contribution in [3.8, 4) is 0 Å². The van der Waals surface area contributed by atoms with Crippen LogP contribution in [0.5, 0.6) is 0 Å². The summed E-state index contributed by atoms with van der Waals surface area (Å²) < 4.78 is 0. The molecule has 1 aliphatic heterocycles. The Morgan fingerprint density at radius 1 is 1.03 bits per heavy atom. The zero-order valence-corrected chi connectivity index (χ0v) is 19.4. The molecule has 0 aliphatic carbocycles. The average molecular weight is 438 g/mol. The van der Waals surface area contributed by atoms with Gasteiger partial charge in [-0.05, 0) is 71.1 Å². The van der Waals surface area contributed by atoms with Crippen LogP contribution in [0.3, 0.4) is 0 Å².